The van der Waals surface area contributed by atoms with Gasteiger partial charge in [0.2, 0.25) is 5.91 Å². The van der Waals surface area contributed by atoms with Crippen molar-refractivity contribution in [1.29, 1.82) is 0 Å². The number of hydrogen-bond acceptors (Lipinski definition) is 3. The second-order valence-corrected chi connectivity index (χ2v) is 6.46. The maximum absolute atomic E-state index is 12.2. The number of ether oxygens (including phenoxy) is 1. The maximum Gasteiger partial charge on any atom is 0.223 e. The largest absolute Gasteiger partial charge is 0.494 e. The van der Waals surface area contributed by atoms with E-state index in [-0.39, 0.29) is 11.8 Å². The first-order valence-corrected chi connectivity index (χ1v) is 8.92. The summed E-state index contributed by atoms with van der Waals surface area (Å²) in [6, 6.07) is 8.64. The molecule has 0 spiro atoms. The van der Waals surface area contributed by atoms with E-state index in [1.165, 1.54) is 5.56 Å². The molecule has 1 aromatic carbocycles. The molecule has 2 rings (SSSR count). The Kier molecular flexibility index (Phi) is 7.40. The molecule has 128 valence electrons. The van der Waals surface area contributed by atoms with Gasteiger partial charge in [0.05, 0.1) is 6.61 Å². The monoisotopic (exact) mass is 318 g/mol. The molecule has 0 saturated carbocycles. The SMILES string of the molecule is CCCCOc1ccc(CCNC(=O)[C@H]2CCN[C@@H](C)C2)cc1. The fourth-order valence-corrected chi connectivity index (χ4v) is 2.93. The lowest BCUT2D eigenvalue weighted by Gasteiger charge is -2.27. The van der Waals surface area contributed by atoms with Crippen LogP contribution in [0.1, 0.15) is 45.1 Å². The van der Waals surface area contributed by atoms with Crippen molar-refractivity contribution in [1.82, 2.24) is 10.6 Å². The standard InChI is InChI=1S/C19H30N2O2/c1-3-4-13-23-18-7-5-16(6-8-18)9-11-21-19(22)17-10-12-20-15(2)14-17/h5-8,15,17,20H,3-4,9-14H2,1-2H3,(H,21,22)/t15-,17-/m0/s1. The highest BCUT2D eigenvalue weighted by atomic mass is 16.5. The predicted molar refractivity (Wildman–Crippen MR) is 93.7 cm³/mol. The number of carbonyl (C=O) groups is 1. The van der Waals surface area contributed by atoms with Crippen LogP contribution in [0.15, 0.2) is 24.3 Å². The number of carbonyl (C=O) groups excluding carboxylic acids is 1. The molecule has 0 aliphatic carbocycles. The van der Waals surface area contributed by atoms with Crippen molar-refractivity contribution in [3.8, 4) is 5.75 Å². The third kappa shape index (κ3) is 6.22. The van der Waals surface area contributed by atoms with Gasteiger partial charge in [-0.25, -0.2) is 0 Å². The zero-order valence-electron chi connectivity index (χ0n) is 14.4. The molecule has 1 aliphatic rings. The minimum atomic E-state index is 0.167. The molecule has 0 unspecified atom stereocenters. The fourth-order valence-electron chi connectivity index (χ4n) is 2.93. The highest BCUT2D eigenvalue weighted by Gasteiger charge is 2.24. The van der Waals surface area contributed by atoms with Gasteiger partial charge >= 0.3 is 0 Å². The molecule has 1 amide bonds. The number of unbranched alkanes of at least 4 members (excludes halogenated alkanes) is 1. The molecule has 2 N–H and O–H groups in total. The van der Waals surface area contributed by atoms with Crippen LogP contribution in [-0.2, 0) is 11.2 Å². The van der Waals surface area contributed by atoms with E-state index in [1.807, 2.05) is 12.1 Å². The molecular formula is C19H30N2O2. The smallest absolute Gasteiger partial charge is 0.223 e. The summed E-state index contributed by atoms with van der Waals surface area (Å²) in [5.74, 6) is 1.30. The first kappa shape index (κ1) is 17.8. The quantitative estimate of drug-likeness (QED) is 0.725. The summed E-state index contributed by atoms with van der Waals surface area (Å²) in [5.41, 5.74) is 1.23. The van der Waals surface area contributed by atoms with Crippen LogP contribution < -0.4 is 15.4 Å². The van der Waals surface area contributed by atoms with Crippen molar-refractivity contribution >= 4 is 5.91 Å². The van der Waals surface area contributed by atoms with Crippen molar-refractivity contribution in [3.63, 3.8) is 0 Å². The van der Waals surface area contributed by atoms with Crippen molar-refractivity contribution in [3.05, 3.63) is 29.8 Å². The number of amides is 1. The first-order valence-electron chi connectivity index (χ1n) is 8.92. The van der Waals surface area contributed by atoms with Gasteiger partial charge in [-0.15, -0.1) is 0 Å². The molecule has 1 aliphatic heterocycles. The summed E-state index contributed by atoms with van der Waals surface area (Å²) in [4.78, 5) is 12.2. The van der Waals surface area contributed by atoms with E-state index in [1.54, 1.807) is 0 Å². The van der Waals surface area contributed by atoms with Gasteiger partial charge in [0.15, 0.2) is 0 Å². The normalized spacial score (nSPS) is 21.0. The van der Waals surface area contributed by atoms with E-state index >= 15 is 0 Å². The Morgan fingerprint density at radius 3 is 2.83 bits per heavy atom. The molecule has 0 aromatic heterocycles. The second kappa shape index (κ2) is 9.56. The van der Waals surface area contributed by atoms with Crippen LogP contribution in [0, 0.1) is 5.92 Å². The van der Waals surface area contributed by atoms with Gasteiger partial charge in [-0.1, -0.05) is 25.5 Å². The summed E-state index contributed by atoms with van der Waals surface area (Å²) in [6.45, 7) is 6.72. The van der Waals surface area contributed by atoms with Gasteiger partial charge in [0, 0.05) is 18.5 Å². The van der Waals surface area contributed by atoms with E-state index in [9.17, 15) is 4.79 Å². The van der Waals surface area contributed by atoms with Gasteiger partial charge in [0.1, 0.15) is 5.75 Å². The van der Waals surface area contributed by atoms with Crippen LogP contribution >= 0.6 is 0 Å². The third-order valence-corrected chi connectivity index (χ3v) is 4.40. The minimum Gasteiger partial charge on any atom is -0.494 e. The zero-order valence-corrected chi connectivity index (χ0v) is 14.4. The predicted octanol–water partition coefficient (Wildman–Crippen LogP) is 2.91. The highest BCUT2D eigenvalue weighted by Crippen LogP contribution is 2.16. The lowest BCUT2D eigenvalue weighted by molar-refractivity contribution is -0.126. The lowest BCUT2D eigenvalue weighted by Crippen LogP contribution is -2.42. The van der Waals surface area contributed by atoms with Crippen molar-refractivity contribution < 1.29 is 9.53 Å². The Morgan fingerprint density at radius 2 is 2.13 bits per heavy atom. The van der Waals surface area contributed by atoms with E-state index in [0.717, 1.165) is 51.0 Å². The molecule has 1 aromatic rings. The van der Waals surface area contributed by atoms with Crippen LogP contribution in [0.5, 0.6) is 5.75 Å². The lowest BCUT2D eigenvalue weighted by atomic mass is 9.92. The van der Waals surface area contributed by atoms with Crippen LogP contribution in [-0.4, -0.2) is 31.6 Å². The van der Waals surface area contributed by atoms with Crippen LogP contribution in [0.4, 0.5) is 0 Å². The summed E-state index contributed by atoms with van der Waals surface area (Å²) in [6.07, 6.45) is 4.98. The molecular weight excluding hydrogens is 288 g/mol. The van der Waals surface area contributed by atoms with Gasteiger partial charge < -0.3 is 15.4 Å². The fraction of sp³-hybridized carbons (Fsp3) is 0.632. The molecule has 2 atom stereocenters. The average molecular weight is 318 g/mol. The Morgan fingerprint density at radius 1 is 1.35 bits per heavy atom. The van der Waals surface area contributed by atoms with Crippen molar-refractivity contribution in [2.24, 2.45) is 5.92 Å². The molecule has 23 heavy (non-hydrogen) atoms. The topological polar surface area (TPSA) is 50.4 Å². The maximum atomic E-state index is 12.2. The molecule has 4 heteroatoms. The van der Waals surface area contributed by atoms with Crippen LogP contribution in [0.3, 0.4) is 0 Å². The number of rotatable bonds is 8. The second-order valence-electron chi connectivity index (χ2n) is 6.46. The van der Waals surface area contributed by atoms with Crippen molar-refractivity contribution in [2.75, 3.05) is 19.7 Å². The molecule has 4 nitrogen and oxygen atoms in total. The summed E-state index contributed by atoms with van der Waals surface area (Å²) < 4.78 is 5.66. The summed E-state index contributed by atoms with van der Waals surface area (Å²) in [5, 5.41) is 6.46. The Hall–Kier alpha value is -1.55. The highest BCUT2D eigenvalue weighted by molar-refractivity contribution is 5.78. The van der Waals surface area contributed by atoms with Crippen molar-refractivity contribution in [2.45, 2.75) is 52.0 Å². The van der Waals surface area contributed by atoms with Gasteiger partial charge in [-0.05, 0) is 56.8 Å². The van der Waals surface area contributed by atoms with Gasteiger partial charge in [-0.2, -0.15) is 0 Å². The first-order chi connectivity index (χ1) is 11.2. The Balaban J connectivity index is 1.68. The van der Waals surface area contributed by atoms with Crippen LogP contribution in [0.2, 0.25) is 0 Å². The van der Waals surface area contributed by atoms with E-state index in [0.29, 0.717) is 12.6 Å². The molecule has 0 bridgehead atoms. The minimum absolute atomic E-state index is 0.167. The molecule has 1 fully saturated rings. The third-order valence-electron chi connectivity index (χ3n) is 4.40. The average Bonchev–Trinajstić information content (AvgIpc) is 2.56. The molecule has 0 radical (unpaired) electrons. The Labute approximate surface area is 140 Å². The number of nitrogens with one attached hydrogen (secondary N) is 2. The number of benzene rings is 1. The number of piperidine rings is 1. The van der Waals surface area contributed by atoms with E-state index in [4.69, 9.17) is 4.74 Å². The zero-order chi connectivity index (χ0) is 16.5. The van der Waals surface area contributed by atoms with E-state index in [2.05, 4.69) is 36.6 Å². The molecule has 1 heterocycles. The van der Waals surface area contributed by atoms with Crippen LogP contribution in [0.25, 0.3) is 0 Å². The summed E-state index contributed by atoms with van der Waals surface area (Å²) >= 11 is 0. The Bertz CT molecular complexity index is 473. The van der Waals surface area contributed by atoms with Gasteiger partial charge in [-0.3, -0.25) is 4.79 Å². The van der Waals surface area contributed by atoms with E-state index < -0.39 is 0 Å². The molecule has 1 saturated heterocycles. The summed E-state index contributed by atoms with van der Waals surface area (Å²) in [7, 11) is 0. The number of hydrogen-bond donors (Lipinski definition) is 2. The van der Waals surface area contributed by atoms with Gasteiger partial charge in [0.25, 0.3) is 0 Å².